The molecule has 0 fully saturated rings. The molecule has 0 amide bonds. The topological polar surface area (TPSA) is 39.4 Å². The molecule has 0 aliphatic rings. The average Bonchev–Trinajstić information content (AvgIpc) is 2.41. The van der Waals surface area contributed by atoms with Crippen LogP contribution in [0.2, 0.25) is 0 Å². The largest absolute Gasteiger partial charge is 0.468 e. The fraction of sp³-hybridized carbons (Fsp3) is 0.312. The van der Waals surface area contributed by atoms with Crippen molar-refractivity contribution in [3.63, 3.8) is 0 Å². The van der Waals surface area contributed by atoms with Gasteiger partial charge in [-0.2, -0.15) is 0 Å². The third-order valence-corrected chi connectivity index (χ3v) is 3.25. The SMILES string of the molecule is CCC(=C(C)C)c1c(OC)oc(=O)c2ccccc12. The second-order valence-electron chi connectivity index (χ2n) is 4.63. The van der Waals surface area contributed by atoms with Gasteiger partial charge in [0.25, 0.3) is 5.95 Å². The first-order valence-corrected chi connectivity index (χ1v) is 6.36. The molecule has 1 aromatic heterocycles. The molecule has 0 aliphatic carbocycles. The quantitative estimate of drug-likeness (QED) is 0.835. The van der Waals surface area contributed by atoms with Crippen molar-refractivity contribution in [3.8, 4) is 5.95 Å². The molecule has 0 radical (unpaired) electrons. The number of allylic oxidation sites excluding steroid dienone is 2. The molecule has 1 heterocycles. The van der Waals surface area contributed by atoms with Crippen LogP contribution in [0.15, 0.2) is 39.1 Å². The number of benzene rings is 1. The van der Waals surface area contributed by atoms with Crippen molar-refractivity contribution in [2.75, 3.05) is 7.11 Å². The molecule has 3 heteroatoms. The van der Waals surface area contributed by atoms with Gasteiger partial charge in [-0.25, -0.2) is 4.79 Å². The van der Waals surface area contributed by atoms with Crippen LogP contribution < -0.4 is 10.4 Å². The lowest BCUT2D eigenvalue weighted by atomic mass is 9.96. The summed E-state index contributed by atoms with van der Waals surface area (Å²) >= 11 is 0. The Morgan fingerprint density at radius 3 is 2.37 bits per heavy atom. The summed E-state index contributed by atoms with van der Waals surface area (Å²) in [5.41, 5.74) is 2.87. The first-order valence-electron chi connectivity index (χ1n) is 6.36. The zero-order valence-electron chi connectivity index (χ0n) is 11.7. The van der Waals surface area contributed by atoms with Gasteiger partial charge in [-0.3, -0.25) is 0 Å². The molecular weight excluding hydrogens is 240 g/mol. The normalized spacial score (nSPS) is 10.5. The van der Waals surface area contributed by atoms with Crippen LogP contribution in [0.3, 0.4) is 0 Å². The first-order chi connectivity index (χ1) is 9.10. The van der Waals surface area contributed by atoms with Crippen LogP contribution >= 0.6 is 0 Å². The fourth-order valence-electron chi connectivity index (χ4n) is 2.39. The Bertz CT molecular complexity index is 689. The molecule has 0 N–H and O–H groups in total. The molecule has 2 rings (SSSR count). The highest BCUT2D eigenvalue weighted by Crippen LogP contribution is 2.35. The van der Waals surface area contributed by atoms with Crippen LogP contribution in [0.4, 0.5) is 0 Å². The molecule has 0 saturated carbocycles. The maximum atomic E-state index is 11.9. The van der Waals surface area contributed by atoms with E-state index in [1.165, 1.54) is 12.7 Å². The summed E-state index contributed by atoms with van der Waals surface area (Å²) in [5.74, 6) is 0.293. The Balaban J connectivity index is 2.96. The van der Waals surface area contributed by atoms with E-state index in [2.05, 4.69) is 20.8 Å². The van der Waals surface area contributed by atoms with Crippen molar-refractivity contribution in [2.45, 2.75) is 27.2 Å². The summed E-state index contributed by atoms with van der Waals surface area (Å²) in [6, 6.07) is 7.47. The van der Waals surface area contributed by atoms with Gasteiger partial charge < -0.3 is 9.15 Å². The highest BCUT2D eigenvalue weighted by atomic mass is 16.6. The van der Waals surface area contributed by atoms with E-state index >= 15 is 0 Å². The molecule has 100 valence electrons. The van der Waals surface area contributed by atoms with Crippen molar-refractivity contribution >= 4 is 16.3 Å². The van der Waals surface area contributed by atoms with Crippen LogP contribution in [-0.4, -0.2) is 7.11 Å². The lowest BCUT2D eigenvalue weighted by molar-refractivity contribution is 0.288. The molecule has 19 heavy (non-hydrogen) atoms. The predicted molar refractivity (Wildman–Crippen MR) is 77.6 cm³/mol. The summed E-state index contributed by atoms with van der Waals surface area (Å²) in [7, 11) is 1.52. The third-order valence-electron chi connectivity index (χ3n) is 3.25. The van der Waals surface area contributed by atoms with E-state index in [-0.39, 0.29) is 5.63 Å². The van der Waals surface area contributed by atoms with Crippen LogP contribution in [0.25, 0.3) is 16.3 Å². The number of hydrogen-bond acceptors (Lipinski definition) is 3. The summed E-state index contributed by atoms with van der Waals surface area (Å²) in [5, 5.41) is 1.47. The molecule has 0 unspecified atom stereocenters. The average molecular weight is 258 g/mol. The second kappa shape index (κ2) is 5.31. The summed E-state index contributed by atoms with van der Waals surface area (Å²) in [4.78, 5) is 11.9. The third kappa shape index (κ3) is 2.28. The molecule has 0 bridgehead atoms. The summed E-state index contributed by atoms with van der Waals surface area (Å²) in [6.45, 7) is 6.19. The standard InChI is InChI=1S/C16H18O3/c1-5-11(10(2)3)14-12-8-6-7-9-13(12)15(17)19-16(14)18-4/h6-9H,5H2,1-4H3. The Morgan fingerprint density at radius 1 is 1.21 bits per heavy atom. The molecule has 0 atom stereocenters. The number of rotatable bonds is 3. The fourth-order valence-corrected chi connectivity index (χ4v) is 2.39. The Hall–Kier alpha value is -2.03. The minimum absolute atomic E-state index is 0.293. The molecule has 2 aromatic rings. The number of ether oxygens (including phenoxy) is 1. The van der Waals surface area contributed by atoms with E-state index in [9.17, 15) is 4.79 Å². The maximum absolute atomic E-state index is 11.9. The highest BCUT2D eigenvalue weighted by Gasteiger charge is 2.17. The van der Waals surface area contributed by atoms with Gasteiger partial charge in [-0.05, 0) is 31.9 Å². The minimum atomic E-state index is -0.361. The monoisotopic (exact) mass is 258 g/mol. The van der Waals surface area contributed by atoms with Gasteiger partial charge in [0.15, 0.2) is 0 Å². The van der Waals surface area contributed by atoms with Crippen molar-refractivity contribution in [2.24, 2.45) is 0 Å². The number of fused-ring (bicyclic) bond motifs is 1. The smallest absolute Gasteiger partial charge is 0.346 e. The molecule has 0 aliphatic heterocycles. The van der Waals surface area contributed by atoms with Crippen molar-refractivity contribution in [1.82, 2.24) is 0 Å². The summed E-state index contributed by atoms with van der Waals surface area (Å²) in [6.07, 6.45) is 0.858. The number of methoxy groups -OCH3 is 1. The molecule has 0 saturated heterocycles. The van der Waals surface area contributed by atoms with E-state index in [1.54, 1.807) is 6.07 Å². The van der Waals surface area contributed by atoms with Crippen molar-refractivity contribution in [3.05, 3.63) is 45.8 Å². The van der Waals surface area contributed by atoms with Gasteiger partial charge in [-0.1, -0.05) is 30.7 Å². The van der Waals surface area contributed by atoms with E-state index in [1.807, 2.05) is 18.2 Å². The van der Waals surface area contributed by atoms with Crippen LogP contribution in [0, 0.1) is 0 Å². The summed E-state index contributed by atoms with van der Waals surface area (Å²) < 4.78 is 10.6. The zero-order chi connectivity index (χ0) is 14.0. The maximum Gasteiger partial charge on any atom is 0.346 e. The van der Waals surface area contributed by atoms with Gasteiger partial charge >= 0.3 is 5.63 Å². The van der Waals surface area contributed by atoms with Crippen LogP contribution in [0.5, 0.6) is 5.95 Å². The van der Waals surface area contributed by atoms with E-state index < -0.39 is 0 Å². The minimum Gasteiger partial charge on any atom is -0.468 e. The Labute approximate surface area is 112 Å². The molecule has 0 spiro atoms. The van der Waals surface area contributed by atoms with Gasteiger partial charge in [0.1, 0.15) is 0 Å². The highest BCUT2D eigenvalue weighted by molar-refractivity contribution is 5.95. The van der Waals surface area contributed by atoms with Gasteiger partial charge in [0, 0.05) is 5.39 Å². The Morgan fingerprint density at radius 2 is 1.84 bits per heavy atom. The van der Waals surface area contributed by atoms with Gasteiger partial charge in [0.2, 0.25) is 0 Å². The number of hydrogen-bond donors (Lipinski definition) is 0. The van der Waals surface area contributed by atoms with E-state index in [0.29, 0.717) is 11.3 Å². The van der Waals surface area contributed by atoms with Gasteiger partial charge in [0.05, 0.1) is 18.1 Å². The predicted octanol–water partition coefficient (Wildman–Crippen LogP) is 4.01. The van der Waals surface area contributed by atoms with Crippen LogP contribution in [0.1, 0.15) is 32.8 Å². The molecule has 3 nitrogen and oxygen atoms in total. The zero-order valence-corrected chi connectivity index (χ0v) is 11.7. The second-order valence-corrected chi connectivity index (χ2v) is 4.63. The van der Waals surface area contributed by atoms with Gasteiger partial charge in [-0.15, -0.1) is 0 Å². The molecular formula is C16H18O3. The molecule has 1 aromatic carbocycles. The lowest BCUT2D eigenvalue weighted by Gasteiger charge is -2.13. The first kappa shape index (κ1) is 13.4. The lowest BCUT2D eigenvalue weighted by Crippen LogP contribution is -2.05. The van der Waals surface area contributed by atoms with E-state index in [0.717, 1.165) is 22.9 Å². The Kier molecular flexibility index (Phi) is 3.74. The van der Waals surface area contributed by atoms with E-state index in [4.69, 9.17) is 9.15 Å². The van der Waals surface area contributed by atoms with Crippen molar-refractivity contribution in [1.29, 1.82) is 0 Å². The van der Waals surface area contributed by atoms with Crippen molar-refractivity contribution < 1.29 is 9.15 Å². The van der Waals surface area contributed by atoms with Crippen LogP contribution in [-0.2, 0) is 0 Å².